The minimum atomic E-state index is -0.431. The third-order valence-electron chi connectivity index (χ3n) is 6.32. The van der Waals surface area contributed by atoms with Crippen molar-refractivity contribution < 1.29 is 14.4 Å². The number of nitrogens with zero attached hydrogens (tertiary/aromatic N) is 3. The van der Waals surface area contributed by atoms with Crippen LogP contribution in [0.25, 0.3) is 0 Å². The van der Waals surface area contributed by atoms with Crippen LogP contribution in [0.1, 0.15) is 36.5 Å². The highest BCUT2D eigenvalue weighted by molar-refractivity contribution is 8.04. The maximum Gasteiger partial charge on any atom is 0.272 e. The zero-order valence-electron chi connectivity index (χ0n) is 21.3. The minimum absolute atomic E-state index is 0.0606. The first-order valence-electron chi connectivity index (χ1n) is 12.5. The first-order valence-corrected chi connectivity index (χ1v) is 13.4. The van der Waals surface area contributed by atoms with E-state index >= 15 is 0 Å². The van der Waals surface area contributed by atoms with Crippen LogP contribution >= 0.6 is 11.8 Å². The summed E-state index contributed by atoms with van der Waals surface area (Å²) in [6, 6.07) is 7.25. The number of benzene rings is 1. The van der Waals surface area contributed by atoms with Gasteiger partial charge in [-0.3, -0.25) is 14.4 Å². The monoisotopic (exact) mass is 514 g/mol. The van der Waals surface area contributed by atoms with Gasteiger partial charge < -0.3 is 31.1 Å². The number of anilines is 1. The van der Waals surface area contributed by atoms with Gasteiger partial charge >= 0.3 is 0 Å². The van der Waals surface area contributed by atoms with Crippen LogP contribution in [0, 0.1) is 0 Å². The fourth-order valence-electron chi connectivity index (χ4n) is 4.33. The molecule has 0 bridgehead atoms. The fourth-order valence-corrected chi connectivity index (χ4v) is 5.55. The molecule has 0 unspecified atom stereocenters. The van der Waals surface area contributed by atoms with E-state index in [-0.39, 0.29) is 23.4 Å². The third-order valence-corrected chi connectivity index (χ3v) is 7.64. The van der Waals surface area contributed by atoms with Crippen molar-refractivity contribution in [2.75, 3.05) is 58.2 Å². The number of rotatable bonds is 12. The Bertz CT molecular complexity index is 992. The molecule has 196 valence electrons. The normalized spacial score (nSPS) is 19.3. The molecular formula is C26H38N6O3S. The summed E-state index contributed by atoms with van der Waals surface area (Å²) in [6.45, 7) is 10.6. The Kier molecular flexibility index (Phi) is 10.2. The molecule has 10 heteroatoms. The van der Waals surface area contributed by atoms with Gasteiger partial charge in [0.25, 0.3) is 11.8 Å². The van der Waals surface area contributed by atoms with Gasteiger partial charge in [0.15, 0.2) is 0 Å². The molecule has 2 aliphatic rings. The summed E-state index contributed by atoms with van der Waals surface area (Å²) in [6.07, 6.45) is 5.09. The largest absolute Gasteiger partial charge is 0.392 e. The molecule has 0 aliphatic carbocycles. The zero-order chi connectivity index (χ0) is 26.1. The smallest absolute Gasteiger partial charge is 0.272 e. The summed E-state index contributed by atoms with van der Waals surface area (Å²) in [4.78, 5) is 43.6. The summed E-state index contributed by atoms with van der Waals surface area (Å²) in [5.41, 5.74) is 7.55. The van der Waals surface area contributed by atoms with Crippen LogP contribution in [0.5, 0.6) is 0 Å². The summed E-state index contributed by atoms with van der Waals surface area (Å²) < 4.78 is 0. The molecule has 3 rings (SSSR count). The number of hydrogen-bond acceptors (Lipinski definition) is 7. The predicted octanol–water partition coefficient (Wildman–Crippen LogP) is 2.05. The Morgan fingerprint density at radius 1 is 1.31 bits per heavy atom. The Morgan fingerprint density at radius 3 is 2.75 bits per heavy atom. The lowest BCUT2D eigenvalue weighted by atomic mass is 10.2. The maximum absolute atomic E-state index is 13.0. The second-order valence-electron chi connectivity index (χ2n) is 9.00. The SMILES string of the molecule is C=CCN(C)C(=O)/C(N)=C1\S[C@H](CNc2cccc(C(=O)NCCCN3CCCC3)c2)C(=O)N1CC. The zero-order valence-corrected chi connectivity index (χ0v) is 22.1. The molecule has 9 nitrogen and oxygen atoms in total. The Labute approximate surface area is 218 Å². The average molecular weight is 515 g/mol. The van der Waals surface area contributed by atoms with Crippen molar-refractivity contribution in [1.82, 2.24) is 20.0 Å². The van der Waals surface area contributed by atoms with Crippen LogP contribution in [-0.4, -0.2) is 90.5 Å². The number of thioether (sulfide) groups is 1. The van der Waals surface area contributed by atoms with Crippen molar-refractivity contribution in [1.29, 1.82) is 0 Å². The maximum atomic E-state index is 13.0. The standard InChI is InChI=1S/C26H38N6O3S/c1-4-13-30(3)25(35)22(27)26-32(5-2)24(34)21(36-26)18-29-20-11-8-10-19(17-20)23(33)28-12-9-16-31-14-6-7-15-31/h4,8,10-11,17,21,29H,1,5-7,9,12-16,18,27H2,2-3H3,(H,28,33)/b26-22+/t21-/m1/s1. The van der Waals surface area contributed by atoms with Gasteiger partial charge in [-0.05, 0) is 64.0 Å². The van der Waals surface area contributed by atoms with Gasteiger partial charge in [0.1, 0.15) is 16.0 Å². The van der Waals surface area contributed by atoms with Crippen LogP contribution in [0.3, 0.4) is 0 Å². The first-order chi connectivity index (χ1) is 17.3. The lowest BCUT2D eigenvalue weighted by molar-refractivity contribution is -0.127. The summed E-state index contributed by atoms with van der Waals surface area (Å²) in [5.74, 6) is -0.542. The Balaban J connectivity index is 1.55. The number of likely N-dealkylation sites (N-methyl/N-ethyl adjacent to an activating group) is 1. The van der Waals surface area contributed by atoms with Gasteiger partial charge in [0.05, 0.1) is 0 Å². The second kappa shape index (κ2) is 13.4. The molecule has 0 spiro atoms. The van der Waals surface area contributed by atoms with E-state index in [9.17, 15) is 14.4 Å². The highest BCUT2D eigenvalue weighted by Crippen LogP contribution is 2.36. The molecular weight excluding hydrogens is 476 g/mol. The molecule has 0 aromatic heterocycles. The molecule has 1 aromatic rings. The third kappa shape index (κ3) is 7.04. The molecule has 0 radical (unpaired) electrons. The van der Waals surface area contributed by atoms with E-state index in [0.717, 1.165) is 31.7 Å². The number of nitrogens with one attached hydrogen (secondary N) is 2. The van der Waals surface area contributed by atoms with E-state index < -0.39 is 5.25 Å². The van der Waals surface area contributed by atoms with E-state index in [0.29, 0.717) is 36.8 Å². The topological polar surface area (TPSA) is 111 Å². The molecule has 2 fully saturated rings. The van der Waals surface area contributed by atoms with Crippen LogP contribution in [0.4, 0.5) is 5.69 Å². The van der Waals surface area contributed by atoms with E-state index in [1.54, 1.807) is 30.2 Å². The van der Waals surface area contributed by atoms with E-state index in [1.807, 2.05) is 19.1 Å². The van der Waals surface area contributed by atoms with E-state index in [1.165, 1.54) is 29.5 Å². The molecule has 2 aliphatic heterocycles. The predicted molar refractivity (Wildman–Crippen MR) is 145 cm³/mol. The Morgan fingerprint density at radius 2 is 2.06 bits per heavy atom. The second-order valence-corrected chi connectivity index (χ2v) is 10.2. The molecule has 4 N–H and O–H groups in total. The van der Waals surface area contributed by atoms with Crippen LogP contribution < -0.4 is 16.4 Å². The van der Waals surface area contributed by atoms with Gasteiger partial charge in [0, 0.05) is 44.5 Å². The van der Waals surface area contributed by atoms with E-state index in [2.05, 4.69) is 22.1 Å². The van der Waals surface area contributed by atoms with Crippen molar-refractivity contribution in [3.05, 3.63) is 53.2 Å². The van der Waals surface area contributed by atoms with Gasteiger partial charge in [-0.15, -0.1) is 6.58 Å². The molecule has 0 saturated carbocycles. The van der Waals surface area contributed by atoms with Crippen molar-refractivity contribution >= 4 is 35.2 Å². The van der Waals surface area contributed by atoms with Crippen LogP contribution in [0.2, 0.25) is 0 Å². The molecule has 3 amide bonds. The van der Waals surface area contributed by atoms with E-state index in [4.69, 9.17) is 5.73 Å². The van der Waals surface area contributed by atoms with Crippen molar-refractivity contribution in [3.8, 4) is 0 Å². The number of hydrogen-bond donors (Lipinski definition) is 3. The fraction of sp³-hybridized carbons (Fsp3) is 0.500. The first kappa shape index (κ1) is 27.6. The summed E-state index contributed by atoms with van der Waals surface area (Å²) in [5, 5.41) is 6.31. The lowest BCUT2D eigenvalue weighted by Gasteiger charge is -2.19. The Hall–Kier alpha value is -2.98. The van der Waals surface area contributed by atoms with Crippen molar-refractivity contribution in [2.45, 2.75) is 31.4 Å². The lowest BCUT2D eigenvalue weighted by Crippen LogP contribution is -2.36. The summed E-state index contributed by atoms with van der Waals surface area (Å²) in [7, 11) is 1.64. The van der Waals surface area contributed by atoms with Gasteiger partial charge in [-0.25, -0.2) is 0 Å². The van der Waals surface area contributed by atoms with Crippen LogP contribution in [-0.2, 0) is 9.59 Å². The average Bonchev–Trinajstić information content (AvgIpc) is 3.52. The summed E-state index contributed by atoms with van der Waals surface area (Å²) >= 11 is 1.29. The number of amides is 3. The molecule has 1 aromatic carbocycles. The van der Waals surface area contributed by atoms with Crippen molar-refractivity contribution in [3.63, 3.8) is 0 Å². The highest BCUT2D eigenvalue weighted by Gasteiger charge is 2.38. The highest BCUT2D eigenvalue weighted by atomic mass is 32.2. The molecule has 2 saturated heterocycles. The van der Waals surface area contributed by atoms with Gasteiger partial charge in [-0.1, -0.05) is 23.9 Å². The molecule has 2 heterocycles. The number of likely N-dealkylation sites (tertiary alicyclic amines) is 1. The molecule has 1 atom stereocenters. The van der Waals surface area contributed by atoms with Crippen molar-refractivity contribution in [2.24, 2.45) is 5.73 Å². The minimum Gasteiger partial charge on any atom is -0.392 e. The quantitative estimate of drug-likeness (QED) is 0.222. The van der Waals surface area contributed by atoms with Gasteiger partial charge in [-0.2, -0.15) is 0 Å². The van der Waals surface area contributed by atoms with Crippen LogP contribution in [0.15, 0.2) is 47.6 Å². The number of nitrogens with two attached hydrogens (primary N) is 1. The molecule has 36 heavy (non-hydrogen) atoms. The number of carbonyl (C=O) groups is 3. The number of carbonyl (C=O) groups excluding carboxylic acids is 3. The van der Waals surface area contributed by atoms with Gasteiger partial charge in [0.2, 0.25) is 5.91 Å².